The zero-order valence-electron chi connectivity index (χ0n) is 17.7. The van der Waals surface area contributed by atoms with Crippen LogP contribution in [0.5, 0.6) is 5.75 Å². The van der Waals surface area contributed by atoms with E-state index >= 15 is 0 Å². The maximum atomic E-state index is 12.3. The highest BCUT2D eigenvalue weighted by Crippen LogP contribution is 2.28. The summed E-state index contributed by atoms with van der Waals surface area (Å²) in [7, 11) is 3.08. The molecule has 0 aliphatic heterocycles. The molecule has 3 rings (SSSR count). The number of carbonyl (C=O) groups is 2. The molecule has 0 saturated carbocycles. The van der Waals surface area contributed by atoms with E-state index in [0.29, 0.717) is 17.5 Å². The van der Waals surface area contributed by atoms with E-state index in [4.69, 9.17) is 4.74 Å². The Bertz CT molecular complexity index is 1020. The average Bonchev–Trinajstić information content (AvgIpc) is 3.20. The van der Waals surface area contributed by atoms with Crippen molar-refractivity contribution in [1.29, 1.82) is 0 Å². The summed E-state index contributed by atoms with van der Waals surface area (Å²) in [5, 5.41) is 13.5. The van der Waals surface area contributed by atoms with Gasteiger partial charge in [0.15, 0.2) is 11.0 Å². The summed E-state index contributed by atoms with van der Waals surface area (Å²) in [4.78, 5) is 23.7. The number of urea groups is 1. The normalized spacial score (nSPS) is 11.6. The van der Waals surface area contributed by atoms with Crippen molar-refractivity contribution in [2.75, 3.05) is 14.2 Å². The number of nitrogens with one attached hydrogen (secondary N) is 2. The van der Waals surface area contributed by atoms with E-state index in [9.17, 15) is 9.59 Å². The SMILES string of the molecule is CNC(=O)NC(=O)[C@H](C)Sc1nnc(-c2ccc(OC)cc2)n1CCc1ccccc1. The molecule has 162 valence electrons. The van der Waals surface area contributed by atoms with Crippen LogP contribution in [0.15, 0.2) is 59.8 Å². The Kier molecular flexibility index (Phi) is 7.66. The van der Waals surface area contributed by atoms with Crippen LogP contribution < -0.4 is 15.4 Å². The molecule has 3 aromatic rings. The van der Waals surface area contributed by atoms with Gasteiger partial charge in [-0.05, 0) is 43.2 Å². The molecule has 8 nitrogen and oxygen atoms in total. The van der Waals surface area contributed by atoms with Crippen molar-refractivity contribution in [3.63, 3.8) is 0 Å². The Morgan fingerprint density at radius 3 is 2.45 bits per heavy atom. The number of hydrogen-bond acceptors (Lipinski definition) is 6. The minimum atomic E-state index is -0.540. The summed E-state index contributed by atoms with van der Waals surface area (Å²) < 4.78 is 7.24. The third kappa shape index (κ3) is 5.85. The summed E-state index contributed by atoms with van der Waals surface area (Å²) in [5.41, 5.74) is 2.09. The fourth-order valence-corrected chi connectivity index (χ4v) is 3.78. The summed E-state index contributed by atoms with van der Waals surface area (Å²) >= 11 is 1.26. The molecule has 2 aromatic carbocycles. The van der Waals surface area contributed by atoms with E-state index in [1.54, 1.807) is 14.0 Å². The standard InChI is InChI=1S/C22H25N5O3S/c1-15(20(28)24-21(29)23-2)31-22-26-25-19(17-9-11-18(30-3)12-10-17)27(22)14-13-16-7-5-4-6-8-16/h4-12,15H,13-14H2,1-3H3,(H2,23,24,28,29)/t15-/m0/s1. The number of benzene rings is 2. The van der Waals surface area contributed by atoms with E-state index in [1.165, 1.54) is 24.4 Å². The lowest BCUT2D eigenvalue weighted by Crippen LogP contribution is -2.41. The Morgan fingerprint density at radius 2 is 1.81 bits per heavy atom. The second kappa shape index (κ2) is 10.6. The van der Waals surface area contributed by atoms with Crippen molar-refractivity contribution in [1.82, 2.24) is 25.4 Å². The molecular formula is C22H25N5O3S. The van der Waals surface area contributed by atoms with Crippen LogP contribution in [0.1, 0.15) is 12.5 Å². The molecule has 2 N–H and O–H groups in total. The summed E-state index contributed by atoms with van der Waals surface area (Å²) in [6.07, 6.45) is 0.786. The van der Waals surface area contributed by atoms with Gasteiger partial charge < -0.3 is 14.6 Å². The highest BCUT2D eigenvalue weighted by atomic mass is 32.2. The van der Waals surface area contributed by atoms with Gasteiger partial charge in [0.25, 0.3) is 0 Å². The van der Waals surface area contributed by atoms with Crippen LogP contribution in [0.4, 0.5) is 4.79 Å². The molecule has 0 unspecified atom stereocenters. The number of amides is 3. The summed E-state index contributed by atoms with van der Waals surface area (Å²) in [6, 6.07) is 17.2. The Balaban J connectivity index is 1.86. The first kappa shape index (κ1) is 22.4. The molecule has 1 heterocycles. The van der Waals surface area contributed by atoms with Crippen LogP contribution in [0.2, 0.25) is 0 Å². The Hall–Kier alpha value is -3.33. The highest BCUT2D eigenvalue weighted by Gasteiger charge is 2.22. The lowest BCUT2D eigenvalue weighted by Gasteiger charge is -2.13. The molecule has 1 atom stereocenters. The Labute approximate surface area is 185 Å². The molecule has 0 radical (unpaired) electrons. The average molecular weight is 440 g/mol. The highest BCUT2D eigenvalue weighted by molar-refractivity contribution is 8.00. The van der Waals surface area contributed by atoms with Gasteiger partial charge in [0.1, 0.15) is 5.75 Å². The van der Waals surface area contributed by atoms with Crippen LogP contribution in [0, 0.1) is 0 Å². The lowest BCUT2D eigenvalue weighted by molar-refractivity contribution is -0.119. The van der Waals surface area contributed by atoms with Gasteiger partial charge in [-0.1, -0.05) is 42.1 Å². The van der Waals surface area contributed by atoms with Crippen LogP contribution in [0.25, 0.3) is 11.4 Å². The third-order valence-corrected chi connectivity index (χ3v) is 5.73. The number of carbonyl (C=O) groups excluding carboxylic acids is 2. The largest absolute Gasteiger partial charge is 0.497 e. The first-order valence-corrected chi connectivity index (χ1v) is 10.7. The van der Waals surface area contributed by atoms with Gasteiger partial charge in [-0.3, -0.25) is 10.1 Å². The molecular weight excluding hydrogens is 414 g/mol. The first-order chi connectivity index (χ1) is 15.0. The predicted octanol–water partition coefficient (Wildman–Crippen LogP) is 3.13. The van der Waals surface area contributed by atoms with Crippen molar-refractivity contribution < 1.29 is 14.3 Å². The number of methoxy groups -OCH3 is 1. The number of nitrogens with zero attached hydrogens (tertiary/aromatic N) is 3. The van der Waals surface area contributed by atoms with Crippen LogP contribution in [-0.2, 0) is 17.8 Å². The van der Waals surface area contributed by atoms with Gasteiger partial charge in [0.2, 0.25) is 5.91 Å². The van der Waals surface area contributed by atoms with Crippen molar-refractivity contribution >= 4 is 23.7 Å². The third-order valence-electron chi connectivity index (χ3n) is 4.65. The second-order valence-electron chi connectivity index (χ2n) is 6.75. The first-order valence-electron chi connectivity index (χ1n) is 9.82. The maximum Gasteiger partial charge on any atom is 0.321 e. The van der Waals surface area contributed by atoms with Crippen LogP contribution in [-0.4, -0.2) is 46.1 Å². The van der Waals surface area contributed by atoms with Crippen molar-refractivity contribution in [2.45, 2.75) is 30.3 Å². The van der Waals surface area contributed by atoms with Gasteiger partial charge in [-0.25, -0.2) is 4.79 Å². The second-order valence-corrected chi connectivity index (χ2v) is 8.06. The topological polar surface area (TPSA) is 98.1 Å². The van der Waals surface area contributed by atoms with Crippen LogP contribution >= 0.6 is 11.8 Å². The lowest BCUT2D eigenvalue weighted by atomic mass is 10.1. The monoisotopic (exact) mass is 439 g/mol. The molecule has 0 saturated heterocycles. The van der Waals surface area contributed by atoms with Gasteiger partial charge in [0.05, 0.1) is 12.4 Å². The number of aromatic nitrogens is 3. The summed E-state index contributed by atoms with van der Waals surface area (Å²) in [6.45, 7) is 2.37. The fourth-order valence-electron chi connectivity index (χ4n) is 2.90. The molecule has 3 amide bonds. The number of hydrogen-bond donors (Lipinski definition) is 2. The number of ether oxygens (including phenoxy) is 1. The molecule has 0 spiro atoms. The minimum Gasteiger partial charge on any atom is -0.497 e. The van der Waals surface area contributed by atoms with E-state index < -0.39 is 17.2 Å². The number of thioether (sulfide) groups is 1. The van der Waals surface area contributed by atoms with E-state index in [2.05, 4.69) is 33.0 Å². The zero-order chi connectivity index (χ0) is 22.2. The van der Waals surface area contributed by atoms with Crippen molar-refractivity contribution in [3.05, 3.63) is 60.2 Å². The molecule has 9 heteroatoms. The Morgan fingerprint density at radius 1 is 1.10 bits per heavy atom. The van der Waals surface area contributed by atoms with Gasteiger partial charge in [-0.15, -0.1) is 10.2 Å². The quantitative estimate of drug-likeness (QED) is 0.524. The van der Waals surface area contributed by atoms with E-state index in [1.807, 2.05) is 47.0 Å². The maximum absolute atomic E-state index is 12.3. The van der Waals surface area contributed by atoms with Gasteiger partial charge >= 0.3 is 6.03 Å². The molecule has 0 bridgehead atoms. The number of imide groups is 1. The predicted molar refractivity (Wildman–Crippen MR) is 120 cm³/mol. The number of aryl methyl sites for hydroxylation is 1. The smallest absolute Gasteiger partial charge is 0.321 e. The van der Waals surface area contributed by atoms with E-state index in [0.717, 1.165) is 17.7 Å². The van der Waals surface area contributed by atoms with Gasteiger partial charge in [-0.2, -0.15) is 0 Å². The fraction of sp³-hybridized carbons (Fsp3) is 0.273. The molecule has 0 aliphatic rings. The number of rotatable bonds is 8. The van der Waals surface area contributed by atoms with Crippen LogP contribution in [0.3, 0.4) is 0 Å². The minimum absolute atomic E-state index is 0.395. The van der Waals surface area contributed by atoms with E-state index in [-0.39, 0.29) is 0 Å². The molecule has 31 heavy (non-hydrogen) atoms. The molecule has 1 aromatic heterocycles. The zero-order valence-corrected chi connectivity index (χ0v) is 18.5. The summed E-state index contributed by atoms with van der Waals surface area (Å²) in [5.74, 6) is 1.07. The molecule has 0 fully saturated rings. The van der Waals surface area contributed by atoms with Crippen molar-refractivity contribution in [2.24, 2.45) is 0 Å². The molecule has 0 aliphatic carbocycles. The van der Waals surface area contributed by atoms with Gasteiger partial charge in [0, 0.05) is 19.2 Å². The van der Waals surface area contributed by atoms with Crippen molar-refractivity contribution in [3.8, 4) is 17.1 Å².